The Morgan fingerprint density at radius 3 is 0.667 bits per heavy atom. The molecule has 0 aliphatic heterocycles. The molecule has 0 amide bonds. The highest BCUT2D eigenvalue weighted by atomic mass is 16.6. The SMILES string of the molecule is C=CCOCCOCCOCCOCCOCCOCC(COc1ccccc1)OCCOCCOCCOCCOCCOCCOCCOCCOCCOCCOCCOCCOCCOCCOCCOCCOCCOCCOCCOCCO. The largest absolute Gasteiger partial charge is 0.491 e. The molecule has 1 unspecified atom stereocenters. The van der Waals surface area contributed by atoms with Crippen molar-refractivity contribution in [1.29, 1.82) is 0 Å². The highest BCUT2D eigenvalue weighted by Gasteiger charge is 2.12. The van der Waals surface area contributed by atoms with Crippen LogP contribution in [0.5, 0.6) is 5.75 Å². The van der Waals surface area contributed by atoms with E-state index in [4.69, 9.17) is 133 Å². The van der Waals surface area contributed by atoms with Gasteiger partial charge < -0.3 is 133 Å². The lowest BCUT2D eigenvalue weighted by Gasteiger charge is -2.19. The summed E-state index contributed by atoms with van der Waals surface area (Å²) < 4.78 is 150. The summed E-state index contributed by atoms with van der Waals surface area (Å²) in [4.78, 5) is 0. The van der Waals surface area contributed by atoms with Crippen molar-refractivity contribution >= 4 is 0 Å². The smallest absolute Gasteiger partial charge is 0.119 e. The van der Waals surface area contributed by atoms with Gasteiger partial charge in [-0.3, -0.25) is 0 Å². The number of benzene rings is 1. The number of aliphatic hydroxyl groups is 1. The Hall–Kier alpha value is -2.32. The maximum Gasteiger partial charge on any atom is 0.119 e. The molecule has 0 saturated heterocycles. The normalized spacial score (nSPS) is 12.0. The van der Waals surface area contributed by atoms with Gasteiger partial charge >= 0.3 is 0 Å². The van der Waals surface area contributed by atoms with Gasteiger partial charge in [0.25, 0.3) is 0 Å². The molecule has 532 valence electrons. The van der Waals surface area contributed by atoms with Crippen molar-refractivity contribution in [2.75, 3.05) is 350 Å². The lowest BCUT2D eigenvalue weighted by Crippen LogP contribution is -2.29. The molecule has 1 rings (SSSR count). The van der Waals surface area contributed by atoms with Gasteiger partial charge in [0.15, 0.2) is 0 Å². The van der Waals surface area contributed by atoms with Gasteiger partial charge in [-0.05, 0) is 12.1 Å². The standard InChI is InChI=1S/C62H116O28/c1-2-9-64-11-13-66-15-17-68-47-48-84-51-52-86-55-56-88-59-62(60-90-61-6-4-3-5-7-61)89-58-57-87-54-53-85-50-49-83-46-45-82-44-43-81-42-41-80-40-39-79-38-37-78-36-35-77-34-33-76-32-31-75-30-29-74-28-27-73-26-25-72-24-23-71-22-21-70-20-19-69-18-16-67-14-12-65-10-8-63/h2-7,62-63H,1,8-60H2. The van der Waals surface area contributed by atoms with Crippen LogP contribution in [-0.4, -0.2) is 361 Å². The van der Waals surface area contributed by atoms with Crippen LogP contribution in [0.25, 0.3) is 0 Å². The Morgan fingerprint density at radius 2 is 0.444 bits per heavy atom. The number of aliphatic hydroxyl groups excluding tert-OH is 1. The van der Waals surface area contributed by atoms with E-state index in [0.29, 0.717) is 344 Å². The Balaban J connectivity index is 1.72. The van der Waals surface area contributed by atoms with Crippen molar-refractivity contribution in [1.82, 2.24) is 0 Å². The van der Waals surface area contributed by atoms with Gasteiger partial charge in [-0.15, -0.1) is 6.58 Å². The van der Waals surface area contributed by atoms with E-state index in [2.05, 4.69) is 6.58 Å². The van der Waals surface area contributed by atoms with E-state index in [1.807, 2.05) is 30.3 Å². The second-order valence-electron chi connectivity index (χ2n) is 18.4. The van der Waals surface area contributed by atoms with Crippen LogP contribution in [0.2, 0.25) is 0 Å². The Morgan fingerprint density at radius 1 is 0.244 bits per heavy atom. The first-order valence-corrected chi connectivity index (χ1v) is 31.8. The zero-order chi connectivity index (χ0) is 64.0. The fourth-order valence-electron chi connectivity index (χ4n) is 6.63. The molecular formula is C62H116O28. The highest BCUT2D eigenvalue weighted by Crippen LogP contribution is 2.10. The molecule has 1 N–H and O–H groups in total. The summed E-state index contributed by atoms with van der Waals surface area (Å²) >= 11 is 0. The van der Waals surface area contributed by atoms with Crippen molar-refractivity contribution in [2.24, 2.45) is 0 Å². The van der Waals surface area contributed by atoms with Crippen molar-refractivity contribution in [2.45, 2.75) is 6.10 Å². The minimum Gasteiger partial charge on any atom is -0.491 e. The first kappa shape index (κ1) is 85.7. The summed E-state index contributed by atoms with van der Waals surface area (Å²) in [6.45, 7) is 28.0. The molecule has 0 fully saturated rings. The van der Waals surface area contributed by atoms with Crippen LogP contribution in [0.1, 0.15) is 0 Å². The molecule has 1 atom stereocenters. The van der Waals surface area contributed by atoms with Crippen LogP contribution >= 0.6 is 0 Å². The minimum atomic E-state index is -0.286. The van der Waals surface area contributed by atoms with Gasteiger partial charge in [-0.2, -0.15) is 0 Å². The number of rotatable bonds is 82. The van der Waals surface area contributed by atoms with Crippen LogP contribution in [-0.2, 0) is 123 Å². The van der Waals surface area contributed by atoms with Gasteiger partial charge in [-0.1, -0.05) is 24.3 Å². The zero-order valence-corrected chi connectivity index (χ0v) is 54.2. The summed E-state index contributed by atoms with van der Waals surface area (Å²) in [6.07, 6.45) is 1.42. The summed E-state index contributed by atoms with van der Waals surface area (Å²) in [5, 5.41) is 8.62. The maximum absolute atomic E-state index is 8.62. The third kappa shape index (κ3) is 73.1. The van der Waals surface area contributed by atoms with E-state index >= 15 is 0 Å². The van der Waals surface area contributed by atoms with Crippen LogP contribution in [0.15, 0.2) is 43.0 Å². The Kier molecular flexibility index (Phi) is 75.3. The lowest BCUT2D eigenvalue weighted by atomic mass is 10.3. The van der Waals surface area contributed by atoms with E-state index in [9.17, 15) is 0 Å². The fraction of sp³-hybridized carbons (Fsp3) is 0.871. The predicted octanol–water partition coefficient (Wildman–Crippen LogP) is 2.04. The molecule has 0 spiro atoms. The predicted molar refractivity (Wildman–Crippen MR) is 329 cm³/mol. The topological polar surface area (TPSA) is 269 Å². The summed E-state index contributed by atoms with van der Waals surface area (Å²) in [7, 11) is 0. The molecule has 28 heteroatoms. The third-order valence-corrected chi connectivity index (χ3v) is 11.1. The van der Waals surface area contributed by atoms with Gasteiger partial charge in [0.05, 0.1) is 344 Å². The molecule has 0 saturated carbocycles. The van der Waals surface area contributed by atoms with E-state index in [0.717, 1.165) is 5.75 Å². The second-order valence-corrected chi connectivity index (χ2v) is 18.4. The van der Waals surface area contributed by atoms with Crippen LogP contribution < -0.4 is 4.74 Å². The molecule has 0 heterocycles. The molecule has 0 radical (unpaired) electrons. The first-order valence-electron chi connectivity index (χ1n) is 31.8. The van der Waals surface area contributed by atoms with E-state index < -0.39 is 0 Å². The monoisotopic (exact) mass is 1310 g/mol. The molecule has 90 heavy (non-hydrogen) atoms. The average Bonchev–Trinajstić information content (AvgIpc) is 3.68. The van der Waals surface area contributed by atoms with Crippen LogP contribution in [0.4, 0.5) is 0 Å². The maximum atomic E-state index is 8.62. The molecule has 1 aromatic carbocycles. The van der Waals surface area contributed by atoms with Crippen LogP contribution in [0, 0.1) is 0 Å². The van der Waals surface area contributed by atoms with Crippen molar-refractivity contribution in [3.05, 3.63) is 43.0 Å². The van der Waals surface area contributed by atoms with E-state index in [1.165, 1.54) is 0 Å². The van der Waals surface area contributed by atoms with Gasteiger partial charge in [0.1, 0.15) is 18.5 Å². The van der Waals surface area contributed by atoms with E-state index in [-0.39, 0.29) is 12.7 Å². The number of ether oxygens (including phenoxy) is 27. The summed E-state index contributed by atoms with van der Waals surface area (Å²) in [5.41, 5.74) is 0. The molecule has 0 aromatic heterocycles. The quantitative estimate of drug-likeness (QED) is 0.0722. The molecule has 0 aliphatic rings. The molecule has 1 aromatic rings. The third-order valence-electron chi connectivity index (χ3n) is 11.1. The first-order chi connectivity index (χ1) is 44.9. The Labute approximate surface area is 536 Å². The molecule has 0 bridgehead atoms. The van der Waals surface area contributed by atoms with Crippen molar-refractivity contribution in [3.8, 4) is 5.75 Å². The number of para-hydroxylation sites is 1. The molecular weight excluding hydrogens is 1190 g/mol. The fourth-order valence-corrected chi connectivity index (χ4v) is 6.63. The summed E-state index contributed by atoms with van der Waals surface area (Å²) in [6, 6.07) is 9.59. The van der Waals surface area contributed by atoms with Gasteiger partial charge in [-0.25, -0.2) is 0 Å². The molecule has 28 nitrogen and oxygen atoms in total. The Bertz CT molecular complexity index is 1460. The van der Waals surface area contributed by atoms with Crippen molar-refractivity contribution in [3.63, 3.8) is 0 Å². The average molecular weight is 1310 g/mol. The van der Waals surface area contributed by atoms with Crippen molar-refractivity contribution < 1.29 is 133 Å². The minimum absolute atomic E-state index is 0.0165. The van der Waals surface area contributed by atoms with Gasteiger partial charge in [0.2, 0.25) is 0 Å². The van der Waals surface area contributed by atoms with Gasteiger partial charge in [0, 0.05) is 0 Å². The highest BCUT2D eigenvalue weighted by molar-refractivity contribution is 5.20. The zero-order valence-electron chi connectivity index (χ0n) is 54.2. The second kappa shape index (κ2) is 79.1. The number of hydrogen-bond donors (Lipinski definition) is 1. The van der Waals surface area contributed by atoms with E-state index in [1.54, 1.807) is 6.08 Å². The molecule has 0 aliphatic carbocycles. The number of hydrogen-bond acceptors (Lipinski definition) is 28. The lowest BCUT2D eigenvalue weighted by molar-refractivity contribution is -0.0682. The van der Waals surface area contributed by atoms with Crippen LogP contribution in [0.3, 0.4) is 0 Å². The summed E-state index contributed by atoms with van der Waals surface area (Å²) in [5.74, 6) is 0.762.